The molecule has 0 aliphatic rings. The molecule has 0 spiro atoms. The molecular weight excluding hydrogens is 318 g/mol. The Kier molecular flexibility index (Phi) is 6.19. The SMILES string of the molecule is COCCNC(=O)c1ccnc(Nc2cc(Cl)ccc2OC)c1. The molecule has 0 unspecified atom stereocenters. The number of hydrogen-bond donors (Lipinski definition) is 2. The van der Waals surface area contributed by atoms with Crippen LogP contribution < -0.4 is 15.4 Å². The minimum absolute atomic E-state index is 0.189. The minimum Gasteiger partial charge on any atom is -0.495 e. The van der Waals surface area contributed by atoms with E-state index >= 15 is 0 Å². The number of methoxy groups -OCH3 is 2. The number of carbonyl (C=O) groups excluding carboxylic acids is 1. The highest BCUT2D eigenvalue weighted by Gasteiger charge is 2.09. The zero-order valence-electron chi connectivity index (χ0n) is 12.9. The van der Waals surface area contributed by atoms with Crippen molar-refractivity contribution in [2.45, 2.75) is 0 Å². The van der Waals surface area contributed by atoms with E-state index in [0.29, 0.717) is 41.0 Å². The van der Waals surface area contributed by atoms with Crippen molar-refractivity contribution in [2.75, 3.05) is 32.7 Å². The Morgan fingerprint density at radius 2 is 2.09 bits per heavy atom. The number of hydrogen-bond acceptors (Lipinski definition) is 5. The fraction of sp³-hybridized carbons (Fsp3) is 0.250. The predicted molar refractivity (Wildman–Crippen MR) is 89.7 cm³/mol. The first-order chi connectivity index (χ1) is 11.1. The average Bonchev–Trinajstić information content (AvgIpc) is 2.55. The highest BCUT2D eigenvalue weighted by atomic mass is 35.5. The van der Waals surface area contributed by atoms with Crippen molar-refractivity contribution in [1.82, 2.24) is 10.3 Å². The summed E-state index contributed by atoms with van der Waals surface area (Å²) in [4.78, 5) is 16.2. The van der Waals surface area contributed by atoms with Crippen LogP contribution in [0, 0.1) is 0 Å². The van der Waals surface area contributed by atoms with Gasteiger partial charge in [-0.25, -0.2) is 4.98 Å². The van der Waals surface area contributed by atoms with E-state index in [1.165, 1.54) is 0 Å². The van der Waals surface area contributed by atoms with Gasteiger partial charge in [0.25, 0.3) is 5.91 Å². The van der Waals surface area contributed by atoms with Gasteiger partial charge in [-0.2, -0.15) is 0 Å². The summed E-state index contributed by atoms with van der Waals surface area (Å²) >= 11 is 6.00. The maximum Gasteiger partial charge on any atom is 0.251 e. The van der Waals surface area contributed by atoms with Gasteiger partial charge < -0.3 is 20.1 Å². The van der Waals surface area contributed by atoms with Crippen LogP contribution in [0.3, 0.4) is 0 Å². The number of halogens is 1. The van der Waals surface area contributed by atoms with E-state index in [1.807, 2.05) is 0 Å². The van der Waals surface area contributed by atoms with Crippen LogP contribution in [0.1, 0.15) is 10.4 Å². The lowest BCUT2D eigenvalue weighted by atomic mass is 10.2. The first-order valence-electron chi connectivity index (χ1n) is 6.98. The lowest BCUT2D eigenvalue weighted by Crippen LogP contribution is -2.27. The molecule has 0 saturated carbocycles. The average molecular weight is 336 g/mol. The highest BCUT2D eigenvalue weighted by molar-refractivity contribution is 6.31. The minimum atomic E-state index is -0.189. The van der Waals surface area contributed by atoms with Gasteiger partial charge >= 0.3 is 0 Å². The Morgan fingerprint density at radius 1 is 1.26 bits per heavy atom. The molecule has 0 bridgehead atoms. The zero-order chi connectivity index (χ0) is 16.7. The number of carbonyl (C=O) groups is 1. The summed E-state index contributed by atoms with van der Waals surface area (Å²) in [5.41, 5.74) is 1.17. The van der Waals surface area contributed by atoms with Crippen LogP contribution >= 0.6 is 11.6 Å². The van der Waals surface area contributed by atoms with Crippen LogP contribution in [-0.2, 0) is 4.74 Å². The normalized spacial score (nSPS) is 10.2. The van der Waals surface area contributed by atoms with Gasteiger partial charge in [0, 0.05) is 30.4 Å². The number of rotatable bonds is 7. The van der Waals surface area contributed by atoms with Crippen LogP contribution in [0.5, 0.6) is 5.75 Å². The fourth-order valence-corrected chi connectivity index (χ4v) is 2.10. The molecule has 0 saturated heterocycles. The van der Waals surface area contributed by atoms with Gasteiger partial charge in [0.1, 0.15) is 11.6 Å². The molecule has 0 aliphatic heterocycles. The number of benzene rings is 1. The van der Waals surface area contributed by atoms with E-state index in [1.54, 1.807) is 50.7 Å². The van der Waals surface area contributed by atoms with Gasteiger partial charge in [-0.3, -0.25) is 4.79 Å². The second-order valence-corrected chi connectivity index (χ2v) is 5.08. The van der Waals surface area contributed by atoms with E-state index in [4.69, 9.17) is 21.1 Å². The van der Waals surface area contributed by atoms with Crippen molar-refractivity contribution in [1.29, 1.82) is 0 Å². The van der Waals surface area contributed by atoms with E-state index < -0.39 is 0 Å². The second kappa shape index (κ2) is 8.36. The summed E-state index contributed by atoms with van der Waals surface area (Å²) in [6, 6.07) is 8.52. The topological polar surface area (TPSA) is 72.5 Å². The number of anilines is 2. The second-order valence-electron chi connectivity index (χ2n) is 4.65. The van der Waals surface area contributed by atoms with Gasteiger partial charge in [0.05, 0.1) is 19.4 Å². The van der Waals surface area contributed by atoms with E-state index in [2.05, 4.69) is 15.6 Å². The van der Waals surface area contributed by atoms with Gasteiger partial charge in [0.15, 0.2) is 0 Å². The summed E-state index contributed by atoms with van der Waals surface area (Å²) in [7, 11) is 3.15. The summed E-state index contributed by atoms with van der Waals surface area (Å²) in [6.07, 6.45) is 1.56. The van der Waals surface area contributed by atoms with E-state index in [-0.39, 0.29) is 5.91 Å². The molecule has 0 radical (unpaired) electrons. The van der Waals surface area contributed by atoms with Gasteiger partial charge in [-0.05, 0) is 30.3 Å². The molecule has 1 aromatic heterocycles. The molecule has 0 fully saturated rings. The number of nitrogens with zero attached hydrogens (tertiary/aromatic N) is 1. The van der Waals surface area contributed by atoms with E-state index in [9.17, 15) is 4.79 Å². The lowest BCUT2D eigenvalue weighted by Gasteiger charge is -2.12. The first-order valence-corrected chi connectivity index (χ1v) is 7.35. The molecule has 122 valence electrons. The predicted octanol–water partition coefficient (Wildman–Crippen LogP) is 2.86. The zero-order valence-corrected chi connectivity index (χ0v) is 13.7. The van der Waals surface area contributed by atoms with Crippen LogP contribution in [0.15, 0.2) is 36.5 Å². The molecule has 0 atom stereocenters. The summed E-state index contributed by atoms with van der Waals surface area (Å²) < 4.78 is 10.2. The highest BCUT2D eigenvalue weighted by Crippen LogP contribution is 2.30. The summed E-state index contributed by atoms with van der Waals surface area (Å²) in [5.74, 6) is 0.960. The van der Waals surface area contributed by atoms with Gasteiger partial charge in [0.2, 0.25) is 0 Å². The quantitative estimate of drug-likeness (QED) is 0.761. The van der Waals surface area contributed by atoms with Gasteiger partial charge in [-0.15, -0.1) is 0 Å². The van der Waals surface area contributed by atoms with Crippen LogP contribution in [0.2, 0.25) is 5.02 Å². The van der Waals surface area contributed by atoms with Gasteiger partial charge in [-0.1, -0.05) is 11.6 Å². The summed E-state index contributed by atoms with van der Waals surface area (Å²) in [5, 5.41) is 6.43. The third-order valence-electron chi connectivity index (χ3n) is 3.04. The van der Waals surface area contributed by atoms with E-state index in [0.717, 1.165) is 0 Å². The largest absolute Gasteiger partial charge is 0.495 e. The standard InChI is InChI=1S/C16H18ClN3O3/c1-22-8-7-19-16(21)11-5-6-18-15(9-11)20-13-10-12(17)3-4-14(13)23-2/h3-6,9-10H,7-8H2,1-2H3,(H,18,20)(H,19,21). The molecule has 23 heavy (non-hydrogen) atoms. The van der Waals surface area contributed by atoms with Crippen LogP contribution in [-0.4, -0.2) is 38.3 Å². The third kappa shape index (κ3) is 4.84. The molecule has 6 nitrogen and oxygen atoms in total. The lowest BCUT2D eigenvalue weighted by molar-refractivity contribution is 0.0937. The monoisotopic (exact) mass is 335 g/mol. The number of ether oxygens (including phenoxy) is 2. The molecule has 1 aromatic carbocycles. The molecule has 2 aromatic rings. The molecular formula is C16H18ClN3O3. The van der Waals surface area contributed by atoms with Crippen LogP contribution in [0.4, 0.5) is 11.5 Å². The van der Waals surface area contributed by atoms with Crippen molar-refractivity contribution in [2.24, 2.45) is 0 Å². The number of amides is 1. The third-order valence-corrected chi connectivity index (χ3v) is 3.27. The Hall–Kier alpha value is -2.31. The summed E-state index contributed by atoms with van der Waals surface area (Å²) in [6.45, 7) is 0.907. The molecule has 2 rings (SSSR count). The molecule has 1 heterocycles. The van der Waals surface area contributed by atoms with Crippen LogP contribution in [0.25, 0.3) is 0 Å². The van der Waals surface area contributed by atoms with Crippen molar-refractivity contribution < 1.29 is 14.3 Å². The Balaban J connectivity index is 2.14. The Labute approximate surface area is 139 Å². The number of nitrogens with one attached hydrogen (secondary N) is 2. The molecule has 1 amide bonds. The Morgan fingerprint density at radius 3 is 2.83 bits per heavy atom. The van der Waals surface area contributed by atoms with Crippen molar-refractivity contribution >= 4 is 29.0 Å². The Bertz CT molecular complexity index is 679. The molecule has 0 aliphatic carbocycles. The first kappa shape index (κ1) is 17.1. The van der Waals surface area contributed by atoms with Crippen molar-refractivity contribution in [3.63, 3.8) is 0 Å². The fourth-order valence-electron chi connectivity index (χ4n) is 1.92. The van der Waals surface area contributed by atoms with Crippen molar-refractivity contribution in [3.05, 3.63) is 47.1 Å². The molecule has 7 heteroatoms. The number of aromatic nitrogens is 1. The van der Waals surface area contributed by atoms with Crippen molar-refractivity contribution in [3.8, 4) is 5.75 Å². The smallest absolute Gasteiger partial charge is 0.251 e. The maximum absolute atomic E-state index is 12.0. The molecule has 2 N–H and O–H groups in total. The maximum atomic E-state index is 12.0. The number of pyridine rings is 1.